The molecule has 7 heteroatoms. The number of furan rings is 1. The number of carbonyl (C=O) groups excluding carboxylic acids is 2. The van der Waals surface area contributed by atoms with E-state index in [1.165, 1.54) is 12.3 Å². The third-order valence-electron chi connectivity index (χ3n) is 3.19. The normalized spacial score (nSPS) is 11.4. The Hall–Kier alpha value is -3.35. The monoisotopic (exact) mass is 341 g/mol. The predicted molar refractivity (Wildman–Crippen MR) is 94.1 cm³/mol. The number of amides is 2. The zero-order valence-electron chi connectivity index (χ0n) is 14.0. The highest BCUT2D eigenvalue weighted by Gasteiger charge is 2.04. The van der Waals surface area contributed by atoms with Crippen LogP contribution < -0.4 is 15.5 Å². The van der Waals surface area contributed by atoms with Gasteiger partial charge in [-0.05, 0) is 42.8 Å². The van der Waals surface area contributed by atoms with Crippen LogP contribution in [0.1, 0.15) is 18.2 Å². The Labute approximate surface area is 145 Å². The number of nitrogens with one attached hydrogen (secondary N) is 2. The van der Waals surface area contributed by atoms with Crippen LogP contribution in [0.2, 0.25) is 0 Å². The van der Waals surface area contributed by atoms with Gasteiger partial charge >= 0.3 is 0 Å². The van der Waals surface area contributed by atoms with Crippen molar-refractivity contribution in [3.05, 3.63) is 60.1 Å². The minimum Gasteiger partial charge on any atom is -0.497 e. The molecule has 0 fully saturated rings. The van der Waals surface area contributed by atoms with Crippen LogP contribution in [0.4, 0.5) is 0 Å². The molecule has 0 atom stereocenters. The van der Waals surface area contributed by atoms with E-state index in [1.807, 2.05) is 12.1 Å². The molecule has 0 saturated carbocycles. The van der Waals surface area contributed by atoms with Crippen molar-refractivity contribution in [3.8, 4) is 5.75 Å². The molecule has 2 rings (SSSR count). The smallest absolute Gasteiger partial charge is 0.259 e. The highest BCUT2D eigenvalue weighted by molar-refractivity contribution is 5.97. The SMILES string of the molecule is COc1ccc(/C=C/C(=O)NCC(=O)N/N=C(/C)c2ccco2)cc1. The Kier molecular flexibility index (Phi) is 6.53. The summed E-state index contributed by atoms with van der Waals surface area (Å²) in [4.78, 5) is 23.4. The Bertz CT molecular complexity index is 762. The van der Waals surface area contributed by atoms with Gasteiger partial charge in [0.15, 0.2) is 0 Å². The summed E-state index contributed by atoms with van der Waals surface area (Å²) in [5.74, 6) is 0.491. The zero-order chi connectivity index (χ0) is 18.1. The summed E-state index contributed by atoms with van der Waals surface area (Å²) >= 11 is 0. The molecule has 0 aliphatic rings. The van der Waals surface area contributed by atoms with Crippen molar-refractivity contribution in [2.45, 2.75) is 6.92 Å². The molecule has 1 aromatic carbocycles. The van der Waals surface area contributed by atoms with Gasteiger partial charge in [0.05, 0.1) is 19.9 Å². The van der Waals surface area contributed by atoms with E-state index < -0.39 is 5.91 Å². The Morgan fingerprint density at radius 3 is 2.64 bits per heavy atom. The lowest BCUT2D eigenvalue weighted by molar-refractivity contribution is -0.123. The number of rotatable bonds is 7. The van der Waals surface area contributed by atoms with Crippen molar-refractivity contribution in [1.29, 1.82) is 0 Å². The topological polar surface area (TPSA) is 92.9 Å². The zero-order valence-corrected chi connectivity index (χ0v) is 14.0. The molecule has 0 radical (unpaired) electrons. The van der Waals surface area contributed by atoms with Crippen LogP contribution in [0.25, 0.3) is 6.08 Å². The van der Waals surface area contributed by atoms with Crippen LogP contribution >= 0.6 is 0 Å². The molecule has 2 aromatic rings. The highest BCUT2D eigenvalue weighted by atomic mass is 16.5. The molecule has 130 valence electrons. The van der Waals surface area contributed by atoms with Crippen molar-refractivity contribution >= 4 is 23.6 Å². The van der Waals surface area contributed by atoms with E-state index in [0.717, 1.165) is 11.3 Å². The summed E-state index contributed by atoms with van der Waals surface area (Å²) in [5, 5.41) is 6.38. The van der Waals surface area contributed by atoms with Gasteiger partial charge in [0.1, 0.15) is 17.2 Å². The second kappa shape index (κ2) is 9.07. The average molecular weight is 341 g/mol. The fourth-order valence-electron chi connectivity index (χ4n) is 1.84. The molecule has 1 heterocycles. The van der Waals surface area contributed by atoms with Crippen LogP contribution in [-0.4, -0.2) is 31.2 Å². The highest BCUT2D eigenvalue weighted by Crippen LogP contribution is 2.12. The molecular weight excluding hydrogens is 322 g/mol. The van der Waals surface area contributed by atoms with E-state index in [-0.39, 0.29) is 12.5 Å². The largest absolute Gasteiger partial charge is 0.497 e. The third-order valence-corrected chi connectivity index (χ3v) is 3.19. The van der Waals surface area contributed by atoms with Gasteiger partial charge in [0, 0.05) is 6.08 Å². The molecular formula is C18H19N3O4. The molecule has 2 N–H and O–H groups in total. The first-order valence-corrected chi connectivity index (χ1v) is 7.55. The standard InChI is InChI=1S/C18H19N3O4/c1-13(16-4-3-11-25-16)20-21-18(23)12-19-17(22)10-7-14-5-8-15(24-2)9-6-14/h3-11H,12H2,1-2H3,(H,19,22)(H,21,23)/b10-7+,20-13-. The average Bonchev–Trinajstić information content (AvgIpc) is 3.18. The summed E-state index contributed by atoms with van der Waals surface area (Å²) in [7, 11) is 1.59. The van der Waals surface area contributed by atoms with Crippen molar-refractivity contribution in [2.24, 2.45) is 5.10 Å². The summed E-state index contributed by atoms with van der Waals surface area (Å²) in [6, 6.07) is 10.7. The fourth-order valence-corrected chi connectivity index (χ4v) is 1.84. The van der Waals surface area contributed by atoms with Crippen LogP contribution in [0.3, 0.4) is 0 Å². The van der Waals surface area contributed by atoms with Gasteiger partial charge in [-0.1, -0.05) is 12.1 Å². The molecule has 25 heavy (non-hydrogen) atoms. The van der Waals surface area contributed by atoms with Gasteiger partial charge < -0.3 is 14.5 Å². The Balaban J connectivity index is 1.76. The summed E-state index contributed by atoms with van der Waals surface area (Å²) < 4.78 is 10.2. The molecule has 1 aromatic heterocycles. The maximum Gasteiger partial charge on any atom is 0.259 e. The van der Waals surface area contributed by atoms with E-state index in [9.17, 15) is 9.59 Å². The molecule has 0 unspecified atom stereocenters. The number of carbonyl (C=O) groups is 2. The van der Waals surface area contributed by atoms with Gasteiger partial charge in [-0.15, -0.1) is 0 Å². The molecule has 0 bridgehead atoms. The number of methoxy groups -OCH3 is 1. The second-order valence-corrected chi connectivity index (χ2v) is 5.03. The summed E-state index contributed by atoms with van der Waals surface area (Å²) in [6.07, 6.45) is 4.52. The number of hydrazone groups is 1. The van der Waals surface area contributed by atoms with Gasteiger partial charge in [0.25, 0.3) is 5.91 Å². The quantitative estimate of drug-likeness (QED) is 0.457. The van der Waals surface area contributed by atoms with E-state index in [0.29, 0.717) is 11.5 Å². The van der Waals surface area contributed by atoms with Crippen molar-refractivity contribution in [2.75, 3.05) is 13.7 Å². The van der Waals surface area contributed by atoms with E-state index in [2.05, 4.69) is 15.8 Å². The van der Waals surface area contributed by atoms with Crippen LogP contribution in [0.15, 0.2) is 58.3 Å². The lowest BCUT2D eigenvalue weighted by Gasteiger charge is -2.02. The van der Waals surface area contributed by atoms with Crippen LogP contribution in [0, 0.1) is 0 Å². The van der Waals surface area contributed by atoms with E-state index >= 15 is 0 Å². The number of ether oxygens (including phenoxy) is 1. The Morgan fingerprint density at radius 2 is 2.00 bits per heavy atom. The minimum absolute atomic E-state index is 0.180. The molecule has 2 amide bonds. The summed E-state index contributed by atoms with van der Waals surface area (Å²) in [6.45, 7) is 1.52. The number of hydrogen-bond donors (Lipinski definition) is 2. The molecule has 7 nitrogen and oxygen atoms in total. The summed E-state index contributed by atoms with van der Waals surface area (Å²) in [5.41, 5.74) is 3.73. The van der Waals surface area contributed by atoms with Gasteiger partial charge in [0.2, 0.25) is 5.91 Å². The first kappa shape index (κ1) is 18.0. The molecule has 0 aliphatic carbocycles. The lowest BCUT2D eigenvalue weighted by atomic mass is 10.2. The Morgan fingerprint density at radius 1 is 1.24 bits per heavy atom. The molecule has 0 spiro atoms. The number of hydrogen-bond acceptors (Lipinski definition) is 5. The maximum atomic E-state index is 11.7. The van der Waals surface area contributed by atoms with Crippen molar-refractivity contribution < 1.29 is 18.7 Å². The van der Waals surface area contributed by atoms with Crippen molar-refractivity contribution in [3.63, 3.8) is 0 Å². The first-order valence-electron chi connectivity index (χ1n) is 7.55. The minimum atomic E-state index is -0.433. The van der Waals surface area contributed by atoms with E-state index in [4.69, 9.17) is 9.15 Å². The number of nitrogens with zero attached hydrogens (tertiary/aromatic N) is 1. The third kappa shape index (κ3) is 5.98. The van der Waals surface area contributed by atoms with Gasteiger partial charge in [-0.2, -0.15) is 5.10 Å². The fraction of sp³-hybridized carbons (Fsp3) is 0.167. The maximum absolute atomic E-state index is 11.7. The van der Waals surface area contributed by atoms with Crippen LogP contribution in [-0.2, 0) is 9.59 Å². The van der Waals surface area contributed by atoms with Gasteiger partial charge in [-0.3, -0.25) is 9.59 Å². The number of benzene rings is 1. The lowest BCUT2D eigenvalue weighted by Crippen LogP contribution is -2.34. The van der Waals surface area contributed by atoms with Crippen LogP contribution in [0.5, 0.6) is 5.75 Å². The molecule has 0 saturated heterocycles. The molecule has 0 aliphatic heterocycles. The predicted octanol–water partition coefficient (Wildman–Crippen LogP) is 1.96. The first-order chi connectivity index (χ1) is 12.1. The second-order valence-electron chi connectivity index (χ2n) is 5.03. The van der Waals surface area contributed by atoms with Crippen molar-refractivity contribution in [1.82, 2.24) is 10.7 Å². The van der Waals surface area contributed by atoms with E-state index in [1.54, 1.807) is 44.4 Å². The van der Waals surface area contributed by atoms with Gasteiger partial charge in [-0.25, -0.2) is 5.43 Å².